The second-order valence-electron chi connectivity index (χ2n) is 4.78. The highest BCUT2D eigenvalue weighted by Gasteiger charge is 2.27. The zero-order chi connectivity index (χ0) is 14.0. The number of hydrogen-bond acceptors (Lipinski definition) is 3. The zero-order valence-corrected chi connectivity index (χ0v) is 12.2. The molecule has 2 unspecified atom stereocenters. The molecule has 1 aliphatic heterocycles. The highest BCUT2D eigenvalue weighted by Crippen LogP contribution is 2.36. The maximum absolute atomic E-state index is 11.4. The topological polar surface area (TPSA) is 63.6 Å². The van der Waals surface area contributed by atoms with Crippen LogP contribution in [-0.4, -0.2) is 25.7 Å². The molecule has 4 nitrogen and oxygen atoms in total. The minimum Gasteiger partial charge on any atom is -0.378 e. The summed E-state index contributed by atoms with van der Waals surface area (Å²) in [7, 11) is -4.22. The van der Waals surface area contributed by atoms with Gasteiger partial charge in [-0.05, 0) is 48.9 Å². The van der Waals surface area contributed by atoms with E-state index in [9.17, 15) is 13.0 Å². The Labute approximate surface area is 118 Å². The summed E-state index contributed by atoms with van der Waals surface area (Å²) in [6, 6.07) is 4.47. The molecule has 1 N–H and O–H groups in total. The summed E-state index contributed by atoms with van der Waals surface area (Å²) in [5.41, 5.74) is 0.594. The van der Waals surface area contributed by atoms with Gasteiger partial charge in [-0.1, -0.05) is 18.5 Å². The van der Waals surface area contributed by atoms with E-state index in [1.165, 1.54) is 12.1 Å². The summed E-state index contributed by atoms with van der Waals surface area (Å²) in [6.45, 7) is 2.63. The summed E-state index contributed by atoms with van der Waals surface area (Å²) in [5.74, 6) is 0.0503. The Balaban J connectivity index is 2.40. The van der Waals surface area contributed by atoms with Gasteiger partial charge in [-0.15, -0.1) is 0 Å². The molecule has 0 radical (unpaired) electrons. The molecule has 106 valence electrons. The number of hydrogen-bond donors (Lipinski definition) is 1. The predicted molar refractivity (Wildman–Crippen MR) is 73.3 cm³/mol. The van der Waals surface area contributed by atoms with Gasteiger partial charge in [-0.25, -0.2) is 0 Å². The summed E-state index contributed by atoms with van der Waals surface area (Å²) in [6.07, 6.45) is 2.50. The van der Waals surface area contributed by atoms with Crippen molar-refractivity contribution in [2.75, 3.05) is 6.61 Å². The minimum absolute atomic E-state index is 0.0429. The van der Waals surface area contributed by atoms with Crippen molar-refractivity contribution in [3.63, 3.8) is 0 Å². The van der Waals surface area contributed by atoms with E-state index in [4.69, 9.17) is 16.3 Å². The summed E-state index contributed by atoms with van der Waals surface area (Å²) in [5, 5.41) is 0.474. The second kappa shape index (κ2) is 5.79. The molecule has 0 bridgehead atoms. The zero-order valence-electron chi connectivity index (χ0n) is 10.7. The van der Waals surface area contributed by atoms with Crippen LogP contribution in [0.2, 0.25) is 5.02 Å². The third-order valence-electron chi connectivity index (χ3n) is 3.51. The molecule has 2 atom stereocenters. The third kappa shape index (κ3) is 3.48. The van der Waals surface area contributed by atoms with Crippen LogP contribution in [0.1, 0.15) is 37.7 Å². The van der Waals surface area contributed by atoms with E-state index in [0.29, 0.717) is 17.2 Å². The Bertz CT molecular complexity index is 556. The lowest BCUT2D eigenvalue weighted by molar-refractivity contribution is 0.00443. The fourth-order valence-corrected chi connectivity index (χ4v) is 3.46. The molecule has 0 saturated carbocycles. The van der Waals surface area contributed by atoms with Crippen LogP contribution in [0, 0.1) is 0 Å². The normalized spacial score (nSPS) is 24.4. The van der Waals surface area contributed by atoms with E-state index in [0.717, 1.165) is 19.3 Å². The van der Waals surface area contributed by atoms with Crippen LogP contribution in [0.15, 0.2) is 23.1 Å². The van der Waals surface area contributed by atoms with E-state index in [1.54, 1.807) is 6.07 Å². The van der Waals surface area contributed by atoms with E-state index in [1.807, 2.05) is 6.92 Å². The number of rotatable bonds is 3. The first kappa shape index (κ1) is 14.8. The van der Waals surface area contributed by atoms with Crippen LogP contribution in [0.5, 0.6) is 0 Å². The van der Waals surface area contributed by atoms with Crippen LogP contribution in [0.3, 0.4) is 0 Å². The standard InChI is InChI=1S/C13H17ClO4S/c1-2-11-7-9(5-6-18-11)12-8-10(14)3-4-13(12)19(15,16)17/h3-4,8-9,11H,2,5-7H2,1H3,(H,15,16,17). The van der Waals surface area contributed by atoms with E-state index in [-0.39, 0.29) is 16.9 Å². The Morgan fingerprint density at radius 2 is 2.21 bits per heavy atom. The Kier molecular flexibility index (Phi) is 4.50. The molecule has 1 aromatic rings. The molecule has 19 heavy (non-hydrogen) atoms. The van der Waals surface area contributed by atoms with Crippen LogP contribution >= 0.6 is 11.6 Å². The monoisotopic (exact) mass is 304 g/mol. The van der Waals surface area contributed by atoms with Gasteiger partial charge in [0.15, 0.2) is 0 Å². The van der Waals surface area contributed by atoms with Crippen molar-refractivity contribution in [2.45, 2.75) is 43.1 Å². The van der Waals surface area contributed by atoms with Crippen molar-refractivity contribution in [3.05, 3.63) is 28.8 Å². The number of ether oxygens (including phenoxy) is 1. The van der Waals surface area contributed by atoms with Gasteiger partial charge >= 0.3 is 0 Å². The maximum Gasteiger partial charge on any atom is 0.294 e. The quantitative estimate of drug-likeness (QED) is 0.871. The molecule has 0 aromatic heterocycles. The Hall–Kier alpha value is -0.620. The van der Waals surface area contributed by atoms with Crippen LogP contribution in [0.25, 0.3) is 0 Å². The Morgan fingerprint density at radius 1 is 1.47 bits per heavy atom. The fourth-order valence-electron chi connectivity index (χ4n) is 2.52. The highest BCUT2D eigenvalue weighted by atomic mass is 35.5. The van der Waals surface area contributed by atoms with E-state index >= 15 is 0 Å². The van der Waals surface area contributed by atoms with Crippen molar-refractivity contribution in [1.29, 1.82) is 0 Å². The van der Waals surface area contributed by atoms with Crippen molar-refractivity contribution < 1.29 is 17.7 Å². The van der Waals surface area contributed by atoms with Gasteiger partial charge in [0.2, 0.25) is 0 Å². The minimum atomic E-state index is -4.22. The fraction of sp³-hybridized carbons (Fsp3) is 0.538. The molecule has 0 aliphatic carbocycles. The lowest BCUT2D eigenvalue weighted by atomic mass is 9.88. The average molecular weight is 305 g/mol. The van der Waals surface area contributed by atoms with Crippen molar-refractivity contribution >= 4 is 21.7 Å². The summed E-state index contributed by atoms with van der Waals surface area (Å²) < 4.78 is 37.8. The van der Waals surface area contributed by atoms with Gasteiger partial charge in [0.05, 0.1) is 11.0 Å². The van der Waals surface area contributed by atoms with Gasteiger partial charge < -0.3 is 4.74 Å². The molecular formula is C13H17ClO4S. The van der Waals surface area contributed by atoms with Crippen LogP contribution in [0.4, 0.5) is 0 Å². The smallest absolute Gasteiger partial charge is 0.294 e. The van der Waals surface area contributed by atoms with E-state index < -0.39 is 10.1 Å². The van der Waals surface area contributed by atoms with Crippen LogP contribution < -0.4 is 0 Å². The predicted octanol–water partition coefficient (Wildman–Crippen LogP) is 3.26. The van der Waals surface area contributed by atoms with Gasteiger partial charge in [-0.2, -0.15) is 8.42 Å². The molecule has 1 heterocycles. The maximum atomic E-state index is 11.4. The number of benzene rings is 1. The van der Waals surface area contributed by atoms with Crippen molar-refractivity contribution in [2.24, 2.45) is 0 Å². The molecule has 1 saturated heterocycles. The SMILES string of the molecule is CCC1CC(c2cc(Cl)ccc2S(=O)(=O)O)CCO1. The first-order chi connectivity index (χ1) is 8.91. The average Bonchev–Trinajstić information content (AvgIpc) is 2.37. The molecule has 1 fully saturated rings. The van der Waals surface area contributed by atoms with Crippen molar-refractivity contribution in [3.8, 4) is 0 Å². The molecule has 1 aromatic carbocycles. The third-order valence-corrected chi connectivity index (χ3v) is 4.67. The Morgan fingerprint density at radius 3 is 2.84 bits per heavy atom. The summed E-state index contributed by atoms with van der Waals surface area (Å²) >= 11 is 5.95. The molecule has 0 amide bonds. The van der Waals surface area contributed by atoms with Gasteiger partial charge in [0.1, 0.15) is 0 Å². The molecule has 1 aliphatic rings. The first-order valence-electron chi connectivity index (χ1n) is 6.30. The van der Waals surface area contributed by atoms with Gasteiger partial charge in [0.25, 0.3) is 10.1 Å². The van der Waals surface area contributed by atoms with Gasteiger partial charge in [-0.3, -0.25) is 4.55 Å². The molecular weight excluding hydrogens is 288 g/mol. The molecule has 6 heteroatoms. The lowest BCUT2D eigenvalue weighted by Gasteiger charge is -2.30. The first-order valence-corrected chi connectivity index (χ1v) is 8.12. The van der Waals surface area contributed by atoms with Gasteiger partial charge in [0, 0.05) is 11.6 Å². The summed E-state index contributed by atoms with van der Waals surface area (Å²) in [4.78, 5) is -0.0429. The highest BCUT2D eigenvalue weighted by molar-refractivity contribution is 7.85. The largest absolute Gasteiger partial charge is 0.378 e. The second-order valence-corrected chi connectivity index (χ2v) is 6.61. The molecule has 2 rings (SSSR count). The van der Waals surface area contributed by atoms with Crippen molar-refractivity contribution in [1.82, 2.24) is 0 Å². The molecule has 0 spiro atoms. The number of halogens is 1. The van der Waals surface area contributed by atoms with E-state index in [2.05, 4.69) is 0 Å². The van der Waals surface area contributed by atoms with Crippen LogP contribution in [-0.2, 0) is 14.9 Å². The lowest BCUT2D eigenvalue weighted by Crippen LogP contribution is -2.24.